The van der Waals surface area contributed by atoms with E-state index in [0.717, 1.165) is 21.4 Å². The summed E-state index contributed by atoms with van der Waals surface area (Å²) in [5.74, 6) is 0.768. The van der Waals surface area contributed by atoms with Crippen molar-refractivity contribution < 1.29 is 0 Å². The largest absolute Gasteiger partial charge is 0.336 e. The number of hydrogen-bond acceptors (Lipinski definition) is 3. The number of halogens is 1. The predicted molar refractivity (Wildman–Crippen MR) is 59.2 cm³/mol. The molecule has 0 aliphatic carbocycles. The van der Waals surface area contributed by atoms with Gasteiger partial charge >= 0.3 is 0 Å². The summed E-state index contributed by atoms with van der Waals surface area (Å²) in [5, 5.41) is 6.62. The molecule has 0 unspecified atom stereocenters. The van der Waals surface area contributed by atoms with E-state index in [1.807, 2.05) is 6.07 Å². The summed E-state index contributed by atoms with van der Waals surface area (Å²) < 4.78 is 0.928. The van der Waals surface area contributed by atoms with Gasteiger partial charge in [0.1, 0.15) is 5.82 Å². The average molecular weight is 264 g/mol. The maximum Gasteiger partial charge on any atom is 0.178 e. The van der Waals surface area contributed by atoms with Crippen molar-refractivity contribution in [3.63, 3.8) is 0 Å². The molecule has 74 valence electrons. The minimum atomic E-state index is 0.703. The molecule has 3 aromatic rings. The van der Waals surface area contributed by atoms with Gasteiger partial charge in [-0.1, -0.05) is 0 Å². The van der Waals surface area contributed by atoms with Crippen molar-refractivity contribution in [2.45, 2.75) is 0 Å². The van der Waals surface area contributed by atoms with Crippen LogP contribution in [0.4, 0.5) is 0 Å². The lowest BCUT2D eigenvalue weighted by atomic mass is 10.3. The zero-order chi connectivity index (χ0) is 10.3. The number of aromatic nitrogens is 5. The Hall–Kier alpha value is -1.69. The molecule has 3 rings (SSSR count). The molecule has 6 heteroatoms. The maximum atomic E-state index is 4.35. The summed E-state index contributed by atoms with van der Waals surface area (Å²) >= 11 is 3.36. The second-order valence-electron chi connectivity index (χ2n) is 3.10. The molecule has 5 nitrogen and oxygen atoms in total. The number of nitrogens with zero attached hydrogens (tertiary/aromatic N) is 3. The standard InChI is InChI=1S/C9H6BrN5/c10-6-1-7-9(11-4-6)15-8(14-7)5-2-12-13-3-5/h1-4H,(H,12,13)(H,11,14,15). The molecule has 0 bridgehead atoms. The second-order valence-corrected chi connectivity index (χ2v) is 4.01. The monoisotopic (exact) mass is 263 g/mol. The van der Waals surface area contributed by atoms with Crippen LogP contribution in [0.15, 0.2) is 29.1 Å². The van der Waals surface area contributed by atoms with Crippen molar-refractivity contribution in [2.75, 3.05) is 0 Å². The third kappa shape index (κ3) is 1.42. The SMILES string of the molecule is Brc1cnc2nc(-c3cn[nH]c3)[nH]c2c1. The van der Waals surface area contributed by atoms with E-state index in [4.69, 9.17) is 0 Å². The first-order valence-corrected chi connectivity index (χ1v) is 5.12. The molecule has 0 aliphatic heterocycles. The molecule has 3 heterocycles. The zero-order valence-corrected chi connectivity index (χ0v) is 9.12. The number of imidazole rings is 1. The number of rotatable bonds is 1. The van der Waals surface area contributed by atoms with Crippen molar-refractivity contribution in [1.29, 1.82) is 0 Å². The molecular formula is C9H6BrN5. The van der Waals surface area contributed by atoms with Gasteiger partial charge in [0.25, 0.3) is 0 Å². The minimum Gasteiger partial charge on any atom is -0.336 e. The number of pyridine rings is 1. The highest BCUT2D eigenvalue weighted by Crippen LogP contribution is 2.20. The van der Waals surface area contributed by atoms with Crippen LogP contribution in [0.25, 0.3) is 22.6 Å². The number of H-pyrrole nitrogens is 2. The lowest BCUT2D eigenvalue weighted by Gasteiger charge is -1.87. The van der Waals surface area contributed by atoms with Crippen LogP contribution < -0.4 is 0 Å². The van der Waals surface area contributed by atoms with E-state index >= 15 is 0 Å². The second kappa shape index (κ2) is 3.16. The zero-order valence-electron chi connectivity index (χ0n) is 7.53. The Bertz CT molecular complexity index is 598. The lowest BCUT2D eigenvalue weighted by molar-refractivity contribution is 1.09. The molecule has 0 saturated carbocycles. The van der Waals surface area contributed by atoms with Gasteiger partial charge in [-0.2, -0.15) is 5.10 Å². The molecule has 0 atom stereocenters. The predicted octanol–water partition coefficient (Wildman–Crippen LogP) is 2.11. The summed E-state index contributed by atoms with van der Waals surface area (Å²) in [6.07, 6.45) is 5.22. The Balaban J connectivity index is 2.22. The van der Waals surface area contributed by atoms with Gasteiger partial charge in [-0.3, -0.25) is 5.10 Å². The first-order chi connectivity index (χ1) is 7.33. The van der Waals surface area contributed by atoms with Gasteiger partial charge in [0.05, 0.1) is 17.3 Å². The van der Waals surface area contributed by atoms with Crippen molar-refractivity contribution in [3.05, 3.63) is 29.1 Å². The summed E-state index contributed by atoms with van der Waals surface area (Å²) in [6.45, 7) is 0. The molecular weight excluding hydrogens is 258 g/mol. The molecule has 0 amide bonds. The van der Waals surface area contributed by atoms with Gasteiger partial charge in [-0.05, 0) is 22.0 Å². The molecule has 0 aliphatic rings. The molecule has 0 saturated heterocycles. The first-order valence-electron chi connectivity index (χ1n) is 4.33. The topological polar surface area (TPSA) is 70.2 Å². The van der Waals surface area contributed by atoms with Crippen molar-refractivity contribution in [1.82, 2.24) is 25.1 Å². The summed E-state index contributed by atoms with van der Waals surface area (Å²) in [4.78, 5) is 11.7. The van der Waals surface area contributed by atoms with Crippen LogP contribution in [0, 0.1) is 0 Å². The molecule has 3 aromatic heterocycles. The minimum absolute atomic E-state index is 0.703. The van der Waals surface area contributed by atoms with Crippen molar-refractivity contribution in [3.8, 4) is 11.4 Å². The summed E-state index contributed by atoms with van der Waals surface area (Å²) in [7, 11) is 0. The quantitative estimate of drug-likeness (QED) is 0.707. The van der Waals surface area contributed by atoms with Gasteiger partial charge in [-0.15, -0.1) is 0 Å². The van der Waals surface area contributed by atoms with Crippen LogP contribution in [-0.2, 0) is 0 Å². The fraction of sp³-hybridized carbons (Fsp3) is 0. The van der Waals surface area contributed by atoms with Crippen LogP contribution in [-0.4, -0.2) is 25.1 Å². The highest BCUT2D eigenvalue weighted by Gasteiger charge is 2.06. The van der Waals surface area contributed by atoms with Crippen molar-refractivity contribution in [2.24, 2.45) is 0 Å². The highest BCUT2D eigenvalue weighted by atomic mass is 79.9. The van der Waals surface area contributed by atoms with Crippen LogP contribution in [0.3, 0.4) is 0 Å². The van der Waals surface area contributed by atoms with E-state index in [2.05, 4.69) is 41.1 Å². The van der Waals surface area contributed by atoms with Gasteiger partial charge in [0, 0.05) is 16.9 Å². The fourth-order valence-electron chi connectivity index (χ4n) is 1.39. The van der Waals surface area contributed by atoms with Gasteiger partial charge in [0.15, 0.2) is 5.65 Å². The Morgan fingerprint density at radius 1 is 1.27 bits per heavy atom. The normalized spacial score (nSPS) is 11.0. The molecule has 0 aromatic carbocycles. The Morgan fingerprint density at radius 3 is 3.00 bits per heavy atom. The van der Waals surface area contributed by atoms with Crippen LogP contribution in [0.2, 0.25) is 0 Å². The molecule has 15 heavy (non-hydrogen) atoms. The number of aromatic amines is 2. The van der Waals surface area contributed by atoms with Crippen LogP contribution >= 0.6 is 15.9 Å². The van der Waals surface area contributed by atoms with E-state index in [1.54, 1.807) is 18.6 Å². The van der Waals surface area contributed by atoms with Crippen LogP contribution in [0.5, 0.6) is 0 Å². The number of hydrogen-bond donors (Lipinski definition) is 2. The Kier molecular flexibility index (Phi) is 1.81. The maximum absolute atomic E-state index is 4.35. The molecule has 0 fully saturated rings. The van der Waals surface area contributed by atoms with E-state index in [9.17, 15) is 0 Å². The average Bonchev–Trinajstić information content (AvgIpc) is 2.84. The van der Waals surface area contributed by atoms with Gasteiger partial charge in [0.2, 0.25) is 0 Å². The Labute approximate surface area is 93.1 Å². The van der Waals surface area contributed by atoms with Gasteiger partial charge in [-0.25, -0.2) is 9.97 Å². The van der Waals surface area contributed by atoms with E-state index in [-0.39, 0.29) is 0 Å². The molecule has 2 N–H and O–H groups in total. The third-order valence-corrected chi connectivity index (χ3v) is 2.51. The first kappa shape index (κ1) is 8.60. The van der Waals surface area contributed by atoms with Crippen molar-refractivity contribution >= 4 is 27.1 Å². The highest BCUT2D eigenvalue weighted by molar-refractivity contribution is 9.10. The summed E-state index contributed by atoms with van der Waals surface area (Å²) in [6, 6.07) is 1.94. The molecule has 0 radical (unpaired) electrons. The van der Waals surface area contributed by atoms with E-state index in [0.29, 0.717) is 5.65 Å². The Morgan fingerprint density at radius 2 is 2.20 bits per heavy atom. The summed E-state index contributed by atoms with van der Waals surface area (Å²) in [5.41, 5.74) is 2.53. The van der Waals surface area contributed by atoms with E-state index < -0.39 is 0 Å². The van der Waals surface area contributed by atoms with Crippen LogP contribution in [0.1, 0.15) is 0 Å². The molecule has 0 spiro atoms. The number of fused-ring (bicyclic) bond motifs is 1. The lowest BCUT2D eigenvalue weighted by Crippen LogP contribution is -1.75. The third-order valence-electron chi connectivity index (χ3n) is 2.08. The fourth-order valence-corrected chi connectivity index (χ4v) is 1.72. The van der Waals surface area contributed by atoms with Gasteiger partial charge < -0.3 is 4.98 Å². The number of nitrogens with one attached hydrogen (secondary N) is 2. The smallest absolute Gasteiger partial charge is 0.178 e. The van der Waals surface area contributed by atoms with E-state index in [1.165, 1.54) is 0 Å².